The lowest BCUT2D eigenvalue weighted by molar-refractivity contribution is -0.712. The van der Waals surface area contributed by atoms with Gasteiger partial charge in [-0.25, -0.2) is 0 Å². The molecular formula is C65H126BrN. The zero-order valence-corrected chi connectivity index (χ0v) is 49.1. The molecule has 1 nitrogen and oxygen atoms in total. The van der Waals surface area contributed by atoms with Crippen LogP contribution >= 0.6 is 0 Å². The average Bonchev–Trinajstić information content (AvgIpc) is 3.32. The highest BCUT2D eigenvalue weighted by Gasteiger charge is 2.29. The van der Waals surface area contributed by atoms with Crippen molar-refractivity contribution in [3.63, 3.8) is 0 Å². The zero-order valence-electron chi connectivity index (χ0n) is 47.5. The zero-order chi connectivity index (χ0) is 47.6. The molecule has 1 aromatic rings. The van der Waals surface area contributed by atoms with Crippen molar-refractivity contribution in [2.24, 2.45) is 0 Å². The minimum absolute atomic E-state index is 0. The van der Waals surface area contributed by atoms with E-state index in [1.54, 1.807) is 0 Å². The molecule has 0 saturated carbocycles. The normalized spacial score (nSPS) is 11.6. The molecule has 0 aliphatic rings. The molecule has 0 saturated heterocycles. The predicted octanol–water partition coefficient (Wildman–Crippen LogP) is 19.5. The van der Waals surface area contributed by atoms with Crippen molar-refractivity contribution in [2.45, 2.75) is 388 Å². The fourth-order valence-corrected chi connectivity index (χ4v) is 11.3. The molecule has 398 valence electrons. The monoisotopic (exact) mass is 1000 g/mol. The van der Waals surface area contributed by atoms with Gasteiger partial charge in [0.25, 0.3) is 0 Å². The van der Waals surface area contributed by atoms with Crippen LogP contribution in [0.25, 0.3) is 0 Å². The molecule has 0 radical (unpaired) electrons. The molecule has 0 fully saturated rings. The topological polar surface area (TPSA) is 3.88 Å². The summed E-state index contributed by atoms with van der Waals surface area (Å²) in [6.45, 7) is 15.5. The maximum absolute atomic E-state index is 3.12. The first-order valence-electron chi connectivity index (χ1n) is 31.8. The maximum Gasteiger partial charge on any atom is 0.185 e. The Morgan fingerprint density at radius 2 is 0.373 bits per heavy atom. The third kappa shape index (κ3) is 38.0. The average molecular weight is 1000 g/mol. The Morgan fingerprint density at radius 3 is 0.612 bits per heavy atom. The lowest BCUT2D eigenvalue weighted by Crippen LogP contribution is -3.00. The first kappa shape index (κ1) is 66.6. The highest BCUT2D eigenvalue weighted by molar-refractivity contribution is 5.39. The van der Waals surface area contributed by atoms with E-state index in [4.69, 9.17) is 0 Å². The van der Waals surface area contributed by atoms with Crippen LogP contribution in [0.15, 0.2) is 0 Å². The minimum Gasteiger partial charge on any atom is -1.00 e. The van der Waals surface area contributed by atoms with Crippen molar-refractivity contribution in [3.05, 3.63) is 28.1 Å². The standard InChI is InChI=1S/C65H126N.BrH/c1-7-13-19-25-31-37-43-49-55-61-62(56-50-44-38-32-26-20-14-8-2)64(58-52-46-40-34-28-22-16-10-4)66(60-54-48-42-36-30-24-18-12-6)65(59-53-47-41-35-29-23-17-11-5)63(61)57-51-45-39-33-27-21-15-9-3;/h7-60H2,1-6H3;1H/q+1;/p-1. The van der Waals surface area contributed by atoms with E-state index in [2.05, 4.69) is 46.1 Å². The second kappa shape index (κ2) is 53.4. The summed E-state index contributed by atoms with van der Waals surface area (Å²) in [6, 6.07) is 0. The van der Waals surface area contributed by atoms with Gasteiger partial charge in [0.05, 0.1) is 0 Å². The minimum atomic E-state index is 0. The summed E-state index contributed by atoms with van der Waals surface area (Å²) in [5.74, 6) is 0. The van der Waals surface area contributed by atoms with Crippen LogP contribution < -0.4 is 21.5 Å². The van der Waals surface area contributed by atoms with Gasteiger partial charge in [0, 0.05) is 30.4 Å². The van der Waals surface area contributed by atoms with E-state index in [9.17, 15) is 0 Å². The van der Waals surface area contributed by atoms with E-state index in [0.717, 1.165) is 0 Å². The smallest absolute Gasteiger partial charge is 0.185 e. The number of hydrogen-bond acceptors (Lipinski definition) is 0. The number of pyridine rings is 1. The molecule has 0 aromatic carbocycles. The molecule has 0 aliphatic heterocycles. The summed E-state index contributed by atoms with van der Waals surface area (Å²) in [6.07, 6.45) is 75.3. The Hall–Kier alpha value is -0.370. The molecule has 0 amide bonds. The van der Waals surface area contributed by atoms with Gasteiger partial charge in [-0.05, 0) is 63.4 Å². The largest absolute Gasteiger partial charge is 1.00 e. The van der Waals surface area contributed by atoms with Crippen LogP contribution in [0.2, 0.25) is 0 Å². The highest BCUT2D eigenvalue weighted by atomic mass is 79.9. The lowest BCUT2D eigenvalue weighted by atomic mass is 9.85. The van der Waals surface area contributed by atoms with Gasteiger partial charge in [-0.15, -0.1) is 0 Å². The van der Waals surface area contributed by atoms with Crippen LogP contribution in [0.1, 0.15) is 378 Å². The Balaban J connectivity index is 0.0000436. The van der Waals surface area contributed by atoms with Gasteiger partial charge in [-0.2, -0.15) is 4.57 Å². The maximum atomic E-state index is 3.12. The molecule has 0 N–H and O–H groups in total. The molecule has 67 heavy (non-hydrogen) atoms. The second-order valence-electron chi connectivity index (χ2n) is 22.1. The fraction of sp³-hybridized carbons (Fsp3) is 0.923. The first-order chi connectivity index (χ1) is 32.7. The number of rotatable bonds is 54. The third-order valence-electron chi connectivity index (χ3n) is 15.7. The fourth-order valence-electron chi connectivity index (χ4n) is 11.3. The number of nitrogens with zero attached hydrogens (tertiary/aromatic N) is 1. The van der Waals surface area contributed by atoms with Crippen molar-refractivity contribution >= 4 is 0 Å². The number of aromatic nitrogens is 1. The van der Waals surface area contributed by atoms with Gasteiger partial charge < -0.3 is 17.0 Å². The van der Waals surface area contributed by atoms with E-state index >= 15 is 0 Å². The molecule has 1 rings (SSSR count). The summed E-state index contributed by atoms with van der Waals surface area (Å²) < 4.78 is 3.12. The van der Waals surface area contributed by atoms with Crippen molar-refractivity contribution in [3.8, 4) is 0 Å². The van der Waals surface area contributed by atoms with Gasteiger partial charge in [0.15, 0.2) is 11.4 Å². The summed E-state index contributed by atoms with van der Waals surface area (Å²) >= 11 is 0. The van der Waals surface area contributed by atoms with Gasteiger partial charge in [0.2, 0.25) is 0 Å². The van der Waals surface area contributed by atoms with Crippen molar-refractivity contribution < 1.29 is 21.5 Å². The quantitative estimate of drug-likeness (QED) is 0.0452. The van der Waals surface area contributed by atoms with Gasteiger partial charge >= 0.3 is 0 Å². The Kier molecular flexibility index (Phi) is 53.1. The van der Waals surface area contributed by atoms with Gasteiger partial charge in [-0.1, -0.05) is 305 Å². The highest BCUT2D eigenvalue weighted by Crippen LogP contribution is 2.30. The molecule has 1 heterocycles. The molecule has 1 aromatic heterocycles. The SMILES string of the molecule is CCCCCCCCCCc1c(CCCCCCCCCC)c(CCCCCCCCCC)[n+](CCCCCCCCCC)c(CCCCCCCCCC)c1CCCCCCCCCC.[Br-]. The van der Waals surface area contributed by atoms with Crippen LogP contribution in [0.4, 0.5) is 0 Å². The van der Waals surface area contributed by atoms with Crippen molar-refractivity contribution in [1.29, 1.82) is 0 Å². The molecule has 2 heteroatoms. The van der Waals surface area contributed by atoms with E-state index in [-0.39, 0.29) is 17.0 Å². The summed E-state index contributed by atoms with van der Waals surface area (Å²) in [5.41, 5.74) is 9.44. The van der Waals surface area contributed by atoms with Crippen LogP contribution in [-0.2, 0) is 38.6 Å². The third-order valence-corrected chi connectivity index (χ3v) is 15.7. The van der Waals surface area contributed by atoms with Crippen LogP contribution in [0.3, 0.4) is 0 Å². The molecule has 0 spiro atoms. The van der Waals surface area contributed by atoms with Crippen LogP contribution in [0.5, 0.6) is 0 Å². The second-order valence-corrected chi connectivity index (χ2v) is 22.1. The van der Waals surface area contributed by atoms with Crippen LogP contribution in [0, 0.1) is 0 Å². The van der Waals surface area contributed by atoms with Crippen LogP contribution in [-0.4, -0.2) is 0 Å². The summed E-state index contributed by atoms with van der Waals surface area (Å²) in [5, 5.41) is 0. The predicted molar refractivity (Wildman–Crippen MR) is 301 cm³/mol. The summed E-state index contributed by atoms with van der Waals surface area (Å²) in [7, 11) is 0. The molecular weight excluding hydrogens is 875 g/mol. The molecule has 0 bridgehead atoms. The van der Waals surface area contributed by atoms with E-state index in [1.807, 2.05) is 28.1 Å². The molecule has 0 atom stereocenters. The number of unbranched alkanes of at least 4 members (excludes halogenated alkanes) is 42. The van der Waals surface area contributed by atoms with Crippen molar-refractivity contribution in [2.75, 3.05) is 0 Å². The number of hydrogen-bond donors (Lipinski definition) is 0. The number of halogens is 1. The Bertz CT molecular complexity index is 880. The van der Waals surface area contributed by atoms with E-state index in [1.165, 1.54) is 347 Å². The van der Waals surface area contributed by atoms with E-state index < -0.39 is 0 Å². The van der Waals surface area contributed by atoms with E-state index in [0.29, 0.717) is 0 Å². The van der Waals surface area contributed by atoms with Crippen molar-refractivity contribution in [1.82, 2.24) is 0 Å². The van der Waals surface area contributed by atoms with Gasteiger partial charge in [-0.3, -0.25) is 0 Å². The lowest BCUT2D eigenvalue weighted by Gasteiger charge is -2.23. The van der Waals surface area contributed by atoms with Gasteiger partial charge in [0.1, 0.15) is 6.54 Å². The molecule has 0 unspecified atom stereocenters. The molecule has 0 aliphatic carbocycles. The Labute approximate surface area is 435 Å². The Morgan fingerprint density at radius 1 is 0.194 bits per heavy atom. The first-order valence-corrected chi connectivity index (χ1v) is 31.8. The summed E-state index contributed by atoms with van der Waals surface area (Å²) in [4.78, 5) is 0.